The molecule has 21 heavy (non-hydrogen) atoms. The minimum absolute atomic E-state index is 0.0237. The first kappa shape index (κ1) is 18.2. The van der Waals surface area contributed by atoms with Gasteiger partial charge in [0.1, 0.15) is 12.4 Å². The molecule has 2 nitrogen and oxygen atoms in total. The fraction of sp³-hybridized carbons (Fsp3) is 0.571. The van der Waals surface area contributed by atoms with E-state index in [-0.39, 0.29) is 17.7 Å². The standard InChI is InChI=1S/C14H18ClF4NO/c1-2-20-11(6-7-21-9-14(17,18)19)8-10-4-3-5-12(16)13(10)15/h3-5,11,20H,2,6-9H2,1H3. The Bertz CT molecular complexity index is 439. The number of rotatable bonds is 8. The Morgan fingerprint density at radius 3 is 2.67 bits per heavy atom. The molecular formula is C14H18ClF4NO. The monoisotopic (exact) mass is 327 g/mol. The number of hydrogen-bond acceptors (Lipinski definition) is 2. The highest BCUT2D eigenvalue weighted by molar-refractivity contribution is 6.31. The lowest BCUT2D eigenvalue weighted by molar-refractivity contribution is -0.174. The van der Waals surface area contributed by atoms with Crippen LogP contribution in [0.4, 0.5) is 17.6 Å². The second kappa shape index (κ2) is 8.56. The van der Waals surface area contributed by atoms with E-state index in [9.17, 15) is 17.6 Å². The first-order valence-electron chi connectivity index (χ1n) is 6.64. The van der Waals surface area contributed by atoms with Gasteiger partial charge in [0.05, 0.1) is 5.02 Å². The summed E-state index contributed by atoms with van der Waals surface area (Å²) in [6.07, 6.45) is -3.50. The number of hydrogen-bond donors (Lipinski definition) is 1. The van der Waals surface area contributed by atoms with Gasteiger partial charge >= 0.3 is 6.18 Å². The normalized spacial score (nSPS) is 13.4. The lowest BCUT2D eigenvalue weighted by atomic mass is 10.0. The molecule has 0 aliphatic rings. The van der Waals surface area contributed by atoms with Gasteiger partial charge in [-0.25, -0.2) is 4.39 Å². The van der Waals surface area contributed by atoms with Crippen LogP contribution in [0.3, 0.4) is 0 Å². The van der Waals surface area contributed by atoms with Crippen LogP contribution in [0.15, 0.2) is 18.2 Å². The Morgan fingerprint density at radius 2 is 2.05 bits per heavy atom. The van der Waals surface area contributed by atoms with E-state index in [0.29, 0.717) is 24.9 Å². The van der Waals surface area contributed by atoms with Crippen molar-refractivity contribution in [3.8, 4) is 0 Å². The third kappa shape index (κ3) is 7.11. The molecule has 1 aromatic rings. The number of alkyl halides is 3. The van der Waals surface area contributed by atoms with Gasteiger partial charge in [-0.05, 0) is 31.0 Å². The van der Waals surface area contributed by atoms with Gasteiger partial charge in [-0.1, -0.05) is 30.7 Å². The number of benzene rings is 1. The summed E-state index contributed by atoms with van der Waals surface area (Å²) >= 11 is 5.88. The van der Waals surface area contributed by atoms with E-state index in [2.05, 4.69) is 10.1 Å². The molecule has 1 atom stereocenters. The average molecular weight is 328 g/mol. The number of nitrogens with one attached hydrogen (secondary N) is 1. The minimum Gasteiger partial charge on any atom is -0.372 e. The molecule has 0 amide bonds. The number of likely N-dealkylation sites (N-methyl/N-ethyl adjacent to an activating group) is 1. The lowest BCUT2D eigenvalue weighted by Crippen LogP contribution is -2.32. The summed E-state index contributed by atoms with van der Waals surface area (Å²) in [5, 5.41) is 3.19. The molecule has 0 spiro atoms. The zero-order valence-electron chi connectivity index (χ0n) is 11.6. The lowest BCUT2D eigenvalue weighted by Gasteiger charge is -2.19. The van der Waals surface area contributed by atoms with Gasteiger partial charge in [-0.3, -0.25) is 0 Å². The summed E-state index contributed by atoms with van der Waals surface area (Å²) in [7, 11) is 0. The summed E-state index contributed by atoms with van der Waals surface area (Å²) < 4.78 is 53.9. The Hall–Kier alpha value is -0.850. The van der Waals surface area contributed by atoms with Gasteiger partial charge in [0.15, 0.2) is 0 Å². The van der Waals surface area contributed by atoms with Crippen LogP contribution in [0.5, 0.6) is 0 Å². The van der Waals surface area contributed by atoms with Crippen molar-refractivity contribution in [1.29, 1.82) is 0 Å². The van der Waals surface area contributed by atoms with Crippen LogP contribution in [-0.2, 0) is 11.2 Å². The maximum absolute atomic E-state index is 13.4. The first-order valence-corrected chi connectivity index (χ1v) is 7.02. The summed E-state index contributed by atoms with van der Waals surface area (Å²) in [6, 6.07) is 4.40. The highest BCUT2D eigenvalue weighted by atomic mass is 35.5. The second-order valence-electron chi connectivity index (χ2n) is 4.63. The summed E-state index contributed by atoms with van der Waals surface area (Å²) in [5.74, 6) is -0.502. The van der Waals surface area contributed by atoms with Crippen molar-refractivity contribution >= 4 is 11.6 Å². The number of halogens is 5. The summed E-state index contributed by atoms with van der Waals surface area (Å²) in [6.45, 7) is 1.25. The van der Waals surface area contributed by atoms with Crippen molar-refractivity contribution in [2.75, 3.05) is 19.8 Å². The molecule has 0 fully saturated rings. The topological polar surface area (TPSA) is 21.3 Å². The highest BCUT2D eigenvalue weighted by Crippen LogP contribution is 2.21. The van der Waals surface area contributed by atoms with Crippen LogP contribution in [0, 0.1) is 5.82 Å². The SMILES string of the molecule is CCNC(CCOCC(F)(F)F)Cc1cccc(F)c1Cl. The van der Waals surface area contributed by atoms with Crippen molar-refractivity contribution in [3.63, 3.8) is 0 Å². The van der Waals surface area contributed by atoms with E-state index < -0.39 is 18.6 Å². The molecule has 0 saturated heterocycles. The zero-order valence-corrected chi connectivity index (χ0v) is 12.4. The van der Waals surface area contributed by atoms with Gasteiger partial charge in [0.2, 0.25) is 0 Å². The third-order valence-corrected chi connectivity index (χ3v) is 3.29. The molecule has 0 radical (unpaired) electrons. The Kier molecular flexibility index (Phi) is 7.42. The molecule has 0 aliphatic carbocycles. The fourth-order valence-electron chi connectivity index (χ4n) is 1.95. The maximum Gasteiger partial charge on any atom is 0.411 e. The molecule has 120 valence electrons. The largest absolute Gasteiger partial charge is 0.411 e. The Balaban J connectivity index is 2.51. The predicted octanol–water partition coefficient (Wildman–Crippen LogP) is 3.97. The van der Waals surface area contributed by atoms with Crippen LogP contribution in [0.1, 0.15) is 18.9 Å². The highest BCUT2D eigenvalue weighted by Gasteiger charge is 2.27. The van der Waals surface area contributed by atoms with Crippen LogP contribution >= 0.6 is 11.6 Å². The van der Waals surface area contributed by atoms with E-state index in [1.165, 1.54) is 6.07 Å². The molecule has 7 heteroatoms. The molecule has 0 saturated carbocycles. The van der Waals surface area contributed by atoms with Crippen LogP contribution in [0.25, 0.3) is 0 Å². The maximum atomic E-state index is 13.4. The molecule has 0 aromatic heterocycles. The van der Waals surface area contributed by atoms with E-state index >= 15 is 0 Å². The average Bonchev–Trinajstić information content (AvgIpc) is 2.39. The Labute approximate surface area is 126 Å². The molecule has 0 aliphatic heterocycles. The molecule has 1 rings (SSSR count). The van der Waals surface area contributed by atoms with Gasteiger partial charge in [-0.15, -0.1) is 0 Å². The second-order valence-corrected chi connectivity index (χ2v) is 5.01. The van der Waals surface area contributed by atoms with E-state index in [0.717, 1.165) is 0 Å². The van der Waals surface area contributed by atoms with E-state index in [1.807, 2.05) is 6.92 Å². The molecule has 0 heterocycles. The van der Waals surface area contributed by atoms with Gasteiger partial charge in [0, 0.05) is 12.6 Å². The van der Waals surface area contributed by atoms with E-state index in [1.54, 1.807) is 12.1 Å². The number of ether oxygens (including phenoxy) is 1. The molecule has 1 N–H and O–H groups in total. The molecule has 1 aromatic carbocycles. The fourth-order valence-corrected chi connectivity index (χ4v) is 2.15. The first-order chi connectivity index (χ1) is 9.83. The molecule has 1 unspecified atom stereocenters. The van der Waals surface area contributed by atoms with Gasteiger partial charge in [0.25, 0.3) is 0 Å². The smallest absolute Gasteiger partial charge is 0.372 e. The predicted molar refractivity (Wildman–Crippen MR) is 74.1 cm³/mol. The minimum atomic E-state index is -4.32. The third-order valence-electron chi connectivity index (χ3n) is 2.87. The van der Waals surface area contributed by atoms with Crippen molar-refractivity contribution in [2.24, 2.45) is 0 Å². The molecular weight excluding hydrogens is 310 g/mol. The zero-order chi connectivity index (χ0) is 15.9. The van der Waals surface area contributed by atoms with Gasteiger partial charge < -0.3 is 10.1 Å². The van der Waals surface area contributed by atoms with Crippen LogP contribution in [-0.4, -0.2) is 32.0 Å². The van der Waals surface area contributed by atoms with Crippen LogP contribution < -0.4 is 5.32 Å². The Morgan fingerprint density at radius 1 is 1.33 bits per heavy atom. The quantitative estimate of drug-likeness (QED) is 0.576. The van der Waals surface area contributed by atoms with Gasteiger partial charge in [-0.2, -0.15) is 13.2 Å². The summed E-state index contributed by atoms with van der Waals surface area (Å²) in [5.41, 5.74) is 0.624. The van der Waals surface area contributed by atoms with Crippen LogP contribution in [0.2, 0.25) is 5.02 Å². The van der Waals surface area contributed by atoms with Crippen molar-refractivity contribution in [3.05, 3.63) is 34.6 Å². The van der Waals surface area contributed by atoms with Crippen molar-refractivity contribution in [2.45, 2.75) is 32.0 Å². The van der Waals surface area contributed by atoms with Crippen molar-refractivity contribution in [1.82, 2.24) is 5.32 Å². The summed E-state index contributed by atoms with van der Waals surface area (Å²) in [4.78, 5) is 0. The van der Waals surface area contributed by atoms with Crippen molar-refractivity contribution < 1.29 is 22.3 Å². The molecule has 0 bridgehead atoms. The van der Waals surface area contributed by atoms with E-state index in [4.69, 9.17) is 11.6 Å².